The lowest BCUT2D eigenvalue weighted by Gasteiger charge is -2.18. The van der Waals surface area contributed by atoms with Gasteiger partial charge in [-0.15, -0.1) is 0 Å². The number of nitrogens with zero attached hydrogens (tertiary/aromatic N) is 4. The summed E-state index contributed by atoms with van der Waals surface area (Å²) in [5, 5.41) is 11.7. The van der Waals surface area contributed by atoms with Crippen molar-refractivity contribution in [3.63, 3.8) is 0 Å². The van der Waals surface area contributed by atoms with E-state index in [2.05, 4.69) is 9.97 Å². The lowest BCUT2D eigenvalue weighted by molar-refractivity contribution is -0.385. The van der Waals surface area contributed by atoms with Crippen LogP contribution >= 0.6 is 0 Å². The van der Waals surface area contributed by atoms with Crippen LogP contribution in [0, 0.1) is 24.0 Å². The fourth-order valence-corrected chi connectivity index (χ4v) is 2.90. The molecule has 27 heavy (non-hydrogen) atoms. The molecular weight excluding hydrogens is 344 g/mol. The van der Waals surface area contributed by atoms with Gasteiger partial charge in [0, 0.05) is 13.6 Å². The number of aryl methyl sites for hydroxylation is 2. The van der Waals surface area contributed by atoms with E-state index in [0.717, 1.165) is 16.7 Å². The van der Waals surface area contributed by atoms with Crippen LogP contribution in [0.15, 0.2) is 54.9 Å². The molecule has 7 heteroatoms. The zero-order chi connectivity index (χ0) is 19.4. The summed E-state index contributed by atoms with van der Waals surface area (Å²) in [5.41, 5.74) is 2.77. The van der Waals surface area contributed by atoms with Crippen LogP contribution in [-0.2, 0) is 6.54 Å². The third-order valence-electron chi connectivity index (χ3n) is 3.99. The Balaban J connectivity index is 1.96. The maximum atomic E-state index is 11.7. The summed E-state index contributed by atoms with van der Waals surface area (Å²) in [7, 11) is 1.75. The van der Waals surface area contributed by atoms with Gasteiger partial charge in [0.2, 0.25) is 5.82 Å². The van der Waals surface area contributed by atoms with Gasteiger partial charge in [0.15, 0.2) is 0 Å². The number of nitro groups is 1. The van der Waals surface area contributed by atoms with Crippen LogP contribution in [0.5, 0.6) is 11.6 Å². The Bertz CT molecular complexity index is 940. The van der Waals surface area contributed by atoms with Gasteiger partial charge in [0.05, 0.1) is 4.92 Å². The molecule has 1 aromatic heterocycles. The summed E-state index contributed by atoms with van der Waals surface area (Å²) < 4.78 is 5.75. The van der Waals surface area contributed by atoms with Gasteiger partial charge in [0.1, 0.15) is 12.1 Å². The number of anilines is 1. The van der Waals surface area contributed by atoms with Gasteiger partial charge in [-0.1, -0.05) is 36.4 Å². The number of hydrogen-bond acceptors (Lipinski definition) is 6. The molecule has 0 aliphatic rings. The smallest absolute Gasteiger partial charge is 0.373 e. The molecule has 3 aromatic rings. The fraction of sp³-hybridized carbons (Fsp3) is 0.200. The van der Waals surface area contributed by atoms with Crippen LogP contribution < -0.4 is 9.64 Å². The van der Waals surface area contributed by atoms with Gasteiger partial charge in [-0.3, -0.25) is 10.1 Å². The topological polar surface area (TPSA) is 81.4 Å². The van der Waals surface area contributed by atoms with Crippen molar-refractivity contribution in [1.82, 2.24) is 9.97 Å². The van der Waals surface area contributed by atoms with Gasteiger partial charge in [-0.25, -0.2) is 4.98 Å². The third kappa shape index (κ3) is 4.38. The molecule has 0 atom stereocenters. The molecule has 7 nitrogen and oxygen atoms in total. The van der Waals surface area contributed by atoms with Crippen LogP contribution in [0.1, 0.15) is 16.7 Å². The first-order chi connectivity index (χ1) is 12.9. The number of ether oxygens (including phenoxy) is 1. The van der Waals surface area contributed by atoms with Crippen molar-refractivity contribution in [3.05, 3.63) is 81.7 Å². The highest BCUT2D eigenvalue weighted by Gasteiger charge is 2.27. The molecule has 0 spiro atoms. The second-order valence-electron chi connectivity index (χ2n) is 6.38. The molecule has 0 saturated heterocycles. The highest BCUT2D eigenvalue weighted by molar-refractivity contribution is 5.63. The van der Waals surface area contributed by atoms with Crippen molar-refractivity contribution in [2.45, 2.75) is 20.4 Å². The minimum absolute atomic E-state index is 0.0742. The van der Waals surface area contributed by atoms with E-state index in [9.17, 15) is 10.1 Å². The predicted molar refractivity (Wildman–Crippen MR) is 103 cm³/mol. The Labute approximate surface area is 157 Å². The second-order valence-corrected chi connectivity index (χ2v) is 6.38. The average Bonchev–Trinajstić information content (AvgIpc) is 2.61. The van der Waals surface area contributed by atoms with Gasteiger partial charge < -0.3 is 9.64 Å². The Hall–Kier alpha value is -3.48. The minimum atomic E-state index is -0.505. The molecule has 138 valence electrons. The molecule has 0 unspecified atom stereocenters. The van der Waals surface area contributed by atoms with Crippen molar-refractivity contribution in [1.29, 1.82) is 0 Å². The lowest BCUT2D eigenvalue weighted by Crippen LogP contribution is -2.19. The maximum absolute atomic E-state index is 11.7. The van der Waals surface area contributed by atoms with E-state index in [1.165, 1.54) is 6.33 Å². The van der Waals surface area contributed by atoms with E-state index in [1.54, 1.807) is 11.9 Å². The average molecular weight is 364 g/mol. The molecular formula is C20H20N4O3. The Morgan fingerprint density at radius 1 is 1.07 bits per heavy atom. The van der Waals surface area contributed by atoms with E-state index in [-0.39, 0.29) is 17.4 Å². The minimum Gasteiger partial charge on any atom is -0.434 e. The zero-order valence-electron chi connectivity index (χ0n) is 15.4. The van der Waals surface area contributed by atoms with Gasteiger partial charge in [-0.05, 0) is 42.7 Å². The fourth-order valence-electron chi connectivity index (χ4n) is 2.90. The monoisotopic (exact) mass is 364 g/mol. The molecule has 3 rings (SSSR count). The molecule has 0 saturated carbocycles. The van der Waals surface area contributed by atoms with Gasteiger partial charge in [-0.2, -0.15) is 4.98 Å². The molecule has 0 aliphatic carbocycles. The second kappa shape index (κ2) is 7.82. The van der Waals surface area contributed by atoms with Crippen LogP contribution in [-0.4, -0.2) is 21.9 Å². The Morgan fingerprint density at radius 2 is 1.74 bits per heavy atom. The molecule has 2 aromatic carbocycles. The molecule has 0 bridgehead atoms. The first-order valence-electron chi connectivity index (χ1n) is 8.44. The van der Waals surface area contributed by atoms with Crippen molar-refractivity contribution in [2.24, 2.45) is 0 Å². The van der Waals surface area contributed by atoms with Crippen molar-refractivity contribution in [3.8, 4) is 11.6 Å². The van der Waals surface area contributed by atoms with E-state index in [0.29, 0.717) is 12.3 Å². The van der Waals surface area contributed by atoms with E-state index in [1.807, 2.05) is 62.4 Å². The van der Waals surface area contributed by atoms with Crippen molar-refractivity contribution < 1.29 is 9.66 Å². The SMILES string of the molecule is Cc1cc(C)cc(Oc2ncnc(N(C)Cc3ccccc3)c2[N+](=O)[O-])c1. The summed E-state index contributed by atoms with van der Waals surface area (Å²) in [4.78, 5) is 21.1. The number of aromatic nitrogens is 2. The van der Waals surface area contributed by atoms with Crippen LogP contribution in [0.25, 0.3) is 0 Å². The van der Waals surface area contributed by atoms with Gasteiger partial charge >= 0.3 is 11.6 Å². The third-order valence-corrected chi connectivity index (χ3v) is 3.99. The first kappa shape index (κ1) is 18.3. The number of benzene rings is 2. The molecule has 0 amide bonds. The summed E-state index contributed by atoms with van der Waals surface area (Å²) in [6.45, 7) is 4.35. The summed E-state index contributed by atoms with van der Waals surface area (Å²) in [6, 6.07) is 15.3. The summed E-state index contributed by atoms with van der Waals surface area (Å²) >= 11 is 0. The van der Waals surface area contributed by atoms with Crippen LogP contribution in [0.4, 0.5) is 11.5 Å². The Kier molecular flexibility index (Phi) is 5.30. The summed E-state index contributed by atoms with van der Waals surface area (Å²) in [5.74, 6) is 0.638. The van der Waals surface area contributed by atoms with E-state index in [4.69, 9.17) is 4.74 Å². The number of hydrogen-bond donors (Lipinski definition) is 0. The van der Waals surface area contributed by atoms with Gasteiger partial charge in [0.25, 0.3) is 0 Å². The summed E-state index contributed by atoms with van der Waals surface area (Å²) in [6.07, 6.45) is 1.28. The molecule has 0 aliphatic heterocycles. The molecule has 0 N–H and O–H groups in total. The maximum Gasteiger partial charge on any atom is 0.373 e. The molecule has 0 radical (unpaired) electrons. The standard InChI is InChI=1S/C20H20N4O3/c1-14-9-15(2)11-17(10-14)27-20-18(24(25)26)19(21-13-22-20)23(3)12-16-7-5-4-6-8-16/h4-11,13H,12H2,1-3H3. The molecule has 1 heterocycles. The normalized spacial score (nSPS) is 10.5. The van der Waals surface area contributed by atoms with Crippen molar-refractivity contribution in [2.75, 3.05) is 11.9 Å². The highest BCUT2D eigenvalue weighted by atomic mass is 16.6. The van der Waals surface area contributed by atoms with Crippen LogP contribution in [0.3, 0.4) is 0 Å². The lowest BCUT2D eigenvalue weighted by atomic mass is 10.1. The van der Waals surface area contributed by atoms with E-state index >= 15 is 0 Å². The quantitative estimate of drug-likeness (QED) is 0.475. The van der Waals surface area contributed by atoms with Crippen molar-refractivity contribution >= 4 is 11.5 Å². The zero-order valence-corrected chi connectivity index (χ0v) is 15.4. The highest BCUT2D eigenvalue weighted by Crippen LogP contribution is 2.36. The Morgan fingerprint density at radius 3 is 2.37 bits per heavy atom. The first-order valence-corrected chi connectivity index (χ1v) is 8.44. The number of rotatable bonds is 6. The van der Waals surface area contributed by atoms with Crippen LogP contribution in [0.2, 0.25) is 0 Å². The van der Waals surface area contributed by atoms with E-state index < -0.39 is 4.92 Å². The largest absolute Gasteiger partial charge is 0.434 e. The molecule has 0 fully saturated rings. The predicted octanol–water partition coefficient (Wildman–Crippen LogP) is 4.43.